The topological polar surface area (TPSA) is 43.4 Å². The zero-order chi connectivity index (χ0) is 21.3. The van der Waals surface area contributed by atoms with Crippen molar-refractivity contribution in [3.8, 4) is 5.75 Å². The van der Waals surface area contributed by atoms with Crippen LogP contribution in [0.25, 0.3) is 0 Å². The molecule has 0 heterocycles. The summed E-state index contributed by atoms with van der Waals surface area (Å²) in [6.45, 7) is 7.64. The molecule has 0 fully saturated rings. The summed E-state index contributed by atoms with van der Waals surface area (Å²) in [5, 5.41) is 1.05. The standard InChI is InChI=1S/C19H22F4O3SSi/c1-13(2)28(14(3)4,16-9-7-8-15(20)12-16)18-11-6-5-10-17(18)26-27(24,25)19(21,22)23/h5-14H,1-4H3. The second-order valence-corrected chi connectivity index (χ2v) is 13.9. The first kappa shape index (κ1) is 22.4. The first-order chi connectivity index (χ1) is 12.8. The summed E-state index contributed by atoms with van der Waals surface area (Å²) < 4.78 is 80.5. The molecule has 0 unspecified atom stereocenters. The lowest BCUT2D eigenvalue weighted by Crippen LogP contribution is -2.63. The van der Waals surface area contributed by atoms with Gasteiger partial charge in [0.15, 0.2) is 0 Å². The number of halogens is 4. The van der Waals surface area contributed by atoms with Crippen molar-refractivity contribution in [2.24, 2.45) is 0 Å². The highest BCUT2D eigenvalue weighted by molar-refractivity contribution is 7.88. The molecule has 0 aliphatic rings. The molecule has 0 spiro atoms. The smallest absolute Gasteiger partial charge is 0.376 e. The Morgan fingerprint density at radius 2 is 1.50 bits per heavy atom. The largest absolute Gasteiger partial charge is 0.534 e. The Morgan fingerprint density at radius 3 is 2.00 bits per heavy atom. The van der Waals surface area contributed by atoms with Gasteiger partial charge >= 0.3 is 15.6 Å². The van der Waals surface area contributed by atoms with Crippen LogP contribution >= 0.6 is 0 Å². The summed E-state index contributed by atoms with van der Waals surface area (Å²) in [5.74, 6) is -0.824. The van der Waals surface area contributed by atoms with Crippen molar-refractivity contribution in [3.63, 3.8) is 0 Å². The highest BCUT2D eigenvalue weighted by atomic mass is 32.2. The molecule has 3 nitrogen and oxygen atoms in total. The fourth-order valence-electron chi connectivity index (χ4n) is 3.90. The fourth-order valence-corrected chi connectivity index (χ4v) is 10.3. The molecule has 2 aromatic rings. The number of para-hydroxylation sites is 1. The van der Waals surface area contributed by atoms with E-state index >= 15 is 0 Å². The summed E-state index contributed by atoms with van der Waals surface area (Å²) in [6, 6.07) is 11.8. The van der Waals surface area contributed by atoms with Crippen LogP contribution in [0.2, 0.25) is 11.1 Å². The molecule has 0 saturated carbocycles. The van der Waals surface area contributed by atoms with Crippen LogP contribution in [-0.4, -0.2) is 22.0 Å². The molecule has 9 heteroatoms. The van der Waals surface area contributed by atoms with E-state index in [0.717, 1.165) is 0 Å². The van der Waals surface area contributed by atoms with Gasteiger partial charge in [-0.15, -0.1) is 0 Å². The van der Waals surface area contributed by atoms with Gasteiger partial charge in [-0.2, -0.15) is 21.6 Å². The second kappa shape index (κ2) is 7.86. The molecule has 2 rings (SSSR count). The summed E-state index contributed by atoms with van der Waals surface area (Å²) in [4.78, 5) is 0. The Kier molecular flexibility index (Phi) is 6.30. The number of rotatable bonds is 6. The number of hydrogen-bond donors (Lipinski definition) is 0. The Hall–Kier alpha value is -1.87. The van der Waals surface area contributed by atoms with Crippen molar-refractivity contribution in [2.45, 2.75) is 44.3 Å². The molecule has 2 aromatic carbocycles. The molecule has 0 saturated heterocycles. The minimum Gasteiger partial charge on any atom is -0.376 e. The van der Waals surface area contributed by atoms with Crippen molar-refractivity contribution < 1.29 is 30.2 Å². The molecule has 0 atom stereocenters. The van der Waals surface area contributed by atoms with E-state index in [4.69, 9.17) is 0 Å². The van der Waals surface area contributed by atoms with Gasteiger partial charge in [0.05, 0.1) is 0 Å². The van der Waals surface area contributed by atoms with Gasteiger partial charge in [0.25, 0.3) is 0 Å². The summed E-state index contributed by atoms with van der Waals surface area (Å²) >= 11 is 0. The monoisotopic (exact) mass is 434 g/mol. The van der Waals surface area contributed by atoms with Crippen LogP contribution in [0.3, 0.4) is 0 Å². The molecule has 154 valence electrons. The van der Waals surface area contributed by atoms with E-state index in [1.807, 2.05) is 27.7 Å². The van der Waals surface area contributed by atoms with Gasteiger partial charge in [0, 0.05) is 0 Å². The third-order valence-corrected chi connectivity index (χ3v) is 12.1. The number of hydrogen-bond acceptors (Lipinski definition) is 3. The summed E-state index contributed by atoms with van der Waals surface area (Å²) in [6.07, 6.45) is 0. The molecule has 28 heavy (non-hydrogen) atoms. The normalized spacial score (nSPS) is 13.2. The summed E-state index contributed by atoms with van der Waals surface area (Å²) in [7, 11) is -8.76. The van der Waals surface area contributed by atoms with Crippen LogP contribution in [0.1, 0.15) is 27.7 Å². The average Bonchev–Trinajstić information content (AvgIpc) is 2.55. The molecule has 0 radical (unpaired) electrons. The van der Waals surface area contributed by atoms with Crippen molar-refractivity contribution in [1.29, 1.82) is 0 Å². The molecule has 0 aromatic heterocycles. The van der Waals surface area contributed by atoms with Gasteiger partial charge in [-0.3, -0.25) is 0 Å². The fraction of sp³-hybridized carbons (Fsp3) is 0.368. The average molecular weight is 435 g/mol. The molecule has 0 aliphatic carbocycles. The van der Waals surface area contributed by atoms with Crippen molar-refractivity contribution in [2.75, 3.05) is 0 Å². The molecule has 0 aliphatic heterocycles. The highest BCUT2D eigenvalue weighted by Gasteiger charge is 2.51. The quantitative estimate of drug-likeness (QED) is 0.292. The zero-order valence-electron chi connectivity index (χ0n) is 15.9. The maximum absolute atomic E-state index is 14.0. The van der Waals surface area contributed by atoms with Crippen molar-refractivity contribution in [1.82, 2.24) is 0 Å². The predicted molar refractivity (Wildman–Crippen MR) is 104 cm³/mol. The van der Waals surface area contributed by atoms with Crippen LogP contribution in [0.5, 0.6) is 5.75 Å². The third kappa shape index (κ3) is 3.95. The van der Waals surface area contributed by atoms with E-state index in [0.29, 0.717) is 10.4 Å². The van der Waals surface area contributed by atoms with E-state index in [9.17, 15) is 26.0 Å². The van der Waals surface area contributed by atoms with Gasteiger partial charge < -0.3 is 4.18 Å². The predicted octanol–water partition coefficient (Wildman–Crippen LogP) is 4.44. The van der Waals surface area contributed by atoms with Crippen LogP contribution in [0.15, 0.2) is 48.5 Å². The molecular formula is C19H22F4O3SSi. The maximum Gasteiger partial charge on any atom is 0.534 e. The maximum atomic E-state index is 14.0. The van der Waals surface area contributed by atoms with Crippen LogP contribution in [0, 0.1) is 5.82 Å². The Morgan fingerprint density at radius 1 is 0.929 bits per heavy atom. The van der Waals surface area contributed by atoms with E-state index in [-0.39, 0.29) is 16.8 Å². The molecular weight excluding hydrogens is 412 g/mol. The lowest BCUT2D eigenvalue weighted by Gasteiger charge is -2.41. The van der Waals surface area contributed by atoms with Gasteiger partial charge in [-0.05, 0) is 34.5 Å². The van der Waals surface area contributed by atoms with Gasteiger partial charge in [-0.1, -0.05) is 63.2 Å². The van der Waals surface area contributed by atoms with Crippen LogP contribution < -0.4 is 14.6 Å². The summed E-state index contributed by atoms with van der Waals surface area (Å²) in [5.41, 5.74) is -5.70. The van der Waals surface area contributed by atoms with E-state index in [1.165, 1.54) is 24.3 Å². The Balaban J connectivity index is 2.80. The van der Waals surface area contributed by atoms with Gasteiger partial charge in [0.2, 0.25) is 0 Å². The lowest BCUT2D eigenvalue weighted by molar-refractivity contribution is -0.0499. The lowest BCUT2D eigenvalue weighted by atomic mass is 10.3. The molecule has 0 bridgehead atoms. The third-order valence-electron chi connectivity index (χ3n) is 4.94. The minimum absolute atomic E-state index is 0.0763. The number of alkyl halides is 3. The van der Waals surface area contributed by atoms with E-state index < -0.39 is 29.5 Å². The van der Waals surface area contributed by atoms with Gasteiger partial charge in [-0.25, -0.2) is 4.39 Å². The molecule has 0 N–H and O–H groups in total. The van der Waals surface area contributed by atoms with Crippen molar-refractivity contribution >= 4 is 28.6 Å². The minimum atomic E-state index is -5.83. The van der Waals surface area contributed by atoms with Crippen LogP contribution in [-0.2, 0) is 10.1 Å². The zero-order valence-corrected chi connectivity index (χ0v) is 17.7. The number of benzene rings is 2. The molecule has 0 amide bonds. The van der Waals surface area contributed by atoms with E-state index in [1.54, 1.807) is 24.3 Å². The second-order valence-electron chi connectivity index (χ2n) is 7.17. The first-order valence-corrected chi connectivity index (χ1v) is 12.3. The highest BCUT2D eigenvalue weighted by Crippen LogP contribution is 2.36. The van der Waals surface area contributed by atoms with Gasteiger partial charge in [0.1, 0.15) is 19.6 Å². The SMILES string of the molecule is CC(C)[Si](c1cccc(F)c1)(c1ccccc1OS(=O)(=O)C(F)(F)F)C(C)C. The Bertz CT molecular complexity index is 932. The van der Waals surface area contributed by atoms with E-state index in [2.05, 4.69) is 4.18 Å². The first-order valence-electron chi connectivity index (χ1n) is 8.70. The van der Waals surface area contributed by atoms with Crippen LogP contribution in [0.4, 0.5) is 17.6 Å². The Labute approximate surface area is 163 Å². The van der Waals surface area contributed by atoms with Crippen molar-refractivity contribution in [3.05, 3.63) is 54.3 Å².